The number of hydrogen-bond acceptors (Lipinski definition) is 5. The van der Waals surface area contributed by atoms with E-state index in [9.17, 15) is 9.59 Å². The molecule has 1 amide bonds. The van der Waals surface area contributed by atoms with Gasteiger partial charge in [0.05, 0.1) is 31.2 Å². The molecular formula is C28H24ClNO5. The summed E-state index contributed by atoms with van der Waals surface area (Å²) in [7, 11) is 3.17. The highest BCUT2D eigenvalue weighted by atomic mass is 35.5. The van der Waals surface area contributed by atoms with Crippen molar-refractivity contribution in [3.05, 3.63) is 104 Å². The molecule has 0 spiro atoms. The molecular weight excluding hydrogens is 466 g/mol. The molecule has 1 aromatic heterocycles. The van der Waals surface area contributed by atoms with Crippen LogP contribution in [0.15, 0.2) is 69.9 Å². The fraction of sp³-hybridized carbons (Fsp3) is 0.214. The van der Waals surface area contributed by atoms with Gasteiger partial charge in [-0.05, 0) is 60.9 Å². The zero-order valence-electron chi connectivity index (χ0n) is 19.6. The highest BCUT2D eigenvalue weighted by Crippen LogP contribution is 2.39. The second kappa shape index (κ2) is 9.12. The van der Waals surface area contributed by atoms with Crippen LogP contribution in [0.2, 0.25) is 5.02 Å². The van der Waals surface area contributed by atoms with E-state index in [2.05, 4.69) is 0 Å². The molecule has 0 saturated carbocycles. The summed E-state index contributed by atoms with van der Waals surface area (Å²) >= 11 is 6.29. The third-order valence-electron chi connectivity index (χ3n) is 6.37. The first-order chi connectivity index (χ1) is 16.9. The molecule has 178 valence electrons. The third kappa shape index (κ3) is 4.04. The number of fused-ring (bicyclic) bond motifs is 2. The Kier molecular flexibility index (Phi) is 5.99. The number of halogens is 1. The van der Waals surface area contributed by atoms with Gasteiger partial charge in [-0.15, -0.1) is 0 Å². The summed E-state index contributed by atoms with van der Waals surface area (Å²) in [5.41, 5.74) is 3.23. The van der Waals surface area contributed by atoms with E-state index in [1.807, 2.05) is 43.3 Å². The number of amides is 1. The third-order valence-corrected chi connectivity index (χ3v) is 6.61. The molecule has 0 unspecified atom stereocenters. The summed E-state index contributed by atoms with van der Waals surface area (Å²) in [5.74, 6) is 1.02. The van der Waals surface area contributed by atoms with Crippen LogP contribution in [0.3, 0.4) is 0 Å². The smallest absolute Gasteiger partial charge is 0.290 e. The maximum absolute atomic E-state index is 13.7. The standard InChI is InChI=1S/C28H24ClNO5/c1-16-7-9-21-20(13-16)26(31)24-25(18-5-4-6-19(29)15-18)30(28(32)27(24)35-21)12-11-17-8-10-22(33-2)23(14-17)34-3/h4-10,13-15,25H,11-12H2,1-3H3/t25-/m1/s1. The van der Waals surface area contributed by atoms with Crippen molar-refractivity contribution in [3.8, 4) is 11.5 Å². The fourth-order valence-corrected chi connectivity index (χ4v) is 4.87. The van der Waals surface area contributed by atoms with Gasteiger partial charge < -0.3 is 18.8 Å². The normalized spacial score (nSPS) is 14.9. The maximum atomic E-state index is 13.7. The highest BCUT2D eigenvalue weighted by molar-refractivity contribution is 6.30. The quantitative estimate of drug-likeness (QED) is 0.354. The molecule has 1 aliphatic heterocycles. The Morgan fingerprint density at radius 2 is 1.77 bits per heavy atom. The van der Waals surface area contributed by atoms with Gasteiger partial charge in [0.1, 0.15) is 5.58 Å². The van der Waals surface area contributed by atoms with Crippen LogP contribution in [0.25, 0.3) is 11.0 Å². The van der Waals surface area contributed by atoms with Crippen LogP contribution >= 0.6 is 11.6 Å². The van der Waals surface area contributed by atoms with Crippen molar-refractivity contribution in [3.63, 3.8) is 0 Å². The molecule has 6 nitrogen and oxygen atoms in total. The molecule has 0 fully saturated rings. The predicted octanol–water partition coefficient (Wildman–Crippen LogP) is 5.56. The first-order valence-electron chi connectivity index (χ1n) is 11.3. The Labute approximate surface area is 207 Å². The molecule has 1 aliphatic rings. The van der Waals surface area contributed by atoms with Crippen molar-refractivity contribution < 1.29 is 18.7 Å². The van der Waals surface area contributed by atoms with E-state index in [0.717, 1.165) is 16.7 Å². The number of carbonyl (C=O) groups excluding carboxylic acids is 1. The Morgan fingerprint density at radius 3 is 2.51 bits per heavy atom. The van der Waals surface area contributed by atoms with Crippen molar-refractivity contribution in [2.24, 2.45) is 0 Å². The minimum atomic E-state index is -0.600. The first kappa shape index (κ1) is 23.0. The Hall–Kier alpha value is -3.77. The van der Waals surface area contributed by atoms with Gasteiger partial charge in [0, 0.05) is 11.6 Å². The van der Waals surface area contributed by atoms with Gasteiger partial charge in [-0.1, -0.05) is 41.4 Å². The molecule has 3 aromatic carbocycles. The number of benzene rings is 3. The summed E-state index contributed by atoms with van der Waals surface area (Å²) in [5, 5.41) is 0.995. The average Bonchev–Trinajstić information content (AvgIpc) is 3.14. The minimum absolute atomic E-state index is 0.0867. The fourth-order valence-electron chi connectivity index (χ4n) is 4.67. The largest absolute Gasteiger partial charge is 0.493 e. The highest BCUT2D eigenvalue weighted by Gasteiger charge is 2.42. The van der Waals surface area contributed by atoms with Crippen molar-refractivity contribution in [1.29, 1.82) is 0 Å². The maximum Gasteiger partial charge on any atom is 0.290 e. The Balaban J connectivity index is 1.59. The number of hydrogen-bond donors (Lipinski definition) is 0. The molecule has 5 rings (SSSR count). The zero-order valence-corrected chi connectivity index (χ0v) is 20.4. The van der Waals surface area contributed by atoms with Crippen LogP contribution in [-0.2, 0) is 6.42 Å². The lowest BCUT2D eigenvalue weighted by Gasteiger charge is -2.25. The lowest BCUT2D eigenvalue weighted by Crippen LogP contribution is -2.31. The molecule has 2 heterocycles. The molecule has 35 heavy (non-hydrogen) atoms. The van der Waals surface area contributed by atoms with Crippen molar-refractivity contribution in [1.82, 2.24) is 4.90 Å². The molecule has 0 N–H and O–H groups in total. The Bertz CT molecular complexity index is 1510. The van der Waals surface area contributed by atoms with E-state index < -0.39 is 6.04 Å². The minimum Gasteiger partial charge on any atom is -0.493 e. The van der Waals surface area contributed by atoms with Gasteiger partial charge in [0.2, 0.25) is 5.76 Å². The molecule has 4 aromatic rings. The molecule has 1 atom stereocenters. The van der Waals surface area contributed by atoms with Gasteiger partial charge >= 0.3 is 0 Å². The van der Waals surface area contributed by atoms with Gasteiger partial charge in [0.25, 0.3) is 5.91 Å². The van der Waals surface area contributed by atoms with E-state index in [0.29, 0.717) is 46.0 Å². The van der Waals surface area contributed by atoms with Crippen LogP contribution < -0.4 is 14.9 Å². The topological polar surface area (TPSA) is 69.0 Å². The van der Waals surface area contributed by atoms with Gasteiger partial charge in [-0.2, -0.15) is 0 Å². The lowest BCUT2D eigenvalue weighted by atomic mass is 9.98. The van der Waals surface area contributed by atoms with Crippen LogP contribution in [0, 0.1) is 6.92 Å². The first-order valence-corrected chi connectivity index (χ1v) is 11.6. The lowest BCUT2D eigenvalue weighted by molar-refractivity contribution is 0.0730. The molecule has 0 radical (unpaired) electrons. The van der Waals surface area contributed by atoms with Gasteiger partial charge in [-0.3, -0.25) is 9.59 Å². The summed E-state index contributed by atoms with van der Waals surface area (Å²) < 4.78 is 16.8. The molecule has 0 aliphatic carbocycles. The Morgan fingerprint density at radius 1 is 0.971 bits per heavy atom. The van der Waals surface area contributed by atoms with Crippen molar-refractivity contribution >= 4 is 28.5 Å². The van der Waals surface area contributed by atoms with E-state index in [1.165, 1.54) is 0 Å². The number of aryl methyl sites for hydroxylation is 1. The van der Waals surface area contributed by atoms with E-state index in [1.54, 1.807) is 43.4 Å². The van der Waals surface area contributed by atoms with E-state index >= 15 is 0 Å². The van der Waals surface area contributed by atoms with Gasteiger partial charge in [-0.25, -0.2) is 0 Å². The number of methoxy groups -OCH3 is 2. The molecule has 0 saturated heterocycles. The SMILES string of the molecule is COc1ccc(CCN2C(=O)c3oc4ccc(C)cc4c(=O)c3[C@H]2c2cccc(Cl)c2)cc1OC. The number of carbonyl (C=O) groups is 1. The summed E-state index contributed by atoms with van der Waals surface area (Å²) in [4.78, 5) is 28.9. The van der Waals surface area contributed by atoms with E-state index in [-0.39, 0.29) is 17.1 Å². The molecule has 7 heteroatoms. The second-order valence-corrected chi connectivity index (χ2v) is 9.01. The number of nitrogens with zero attached hydrogens (tertiary/aromatic N) is 1. The molecule has 0 bridgehead atoms. The van der Waals surface area contributed by atoms with Crippen LogP contribution in [0.1, 0.15) is 38.9 Å². The number of rotatable bonds is 6. The summed E-state index contributed by atoms with van der Waals surface area (Å²) in [6.45, 7) is 2.28. The van der Waals surface area contributed by atoms with Crippen molar-refractivity contribution in [2.75, 3.05) is 20.8 Å². The number of ether oxygens (including phenoxy) is 2. The van der Waals surface area contributed by atoms with Crippen LogP contribution in [0.4, 0.5) is 0 Å². The second-order valence-electron chi connectivity index (χ2n) is 8.57. The van der Waals surface area contributed by atoms with E-state index in [4.69, 9.17) is 25.5 Å². The monoisotopic (exact) mass is 489 g/mol. The zero-order chi connectivity index (χ0) is 24.7. The van der Waals surface area contributed by atoms with Crippen LogP contribution in [0.5, 0.6) is 11.5 Å². The predicted molar refractivity (Wildman–Crippen MR) is 135 cm³/mol. The van der Waals surface area contributed by atoms with Gasteiger partial charge in [0.15, 0.2) is 16.9 Å². The summed E-state index contributed by atoms with van der Waals surface area (Å²) in [6.07, 6.45) is 0.546. The summed E-state index contributed by atoms with van der Waals surface area (Å²) in [6, 6.07) is 17.7. The van der Waals surface area contributed by atoms with Crippen molar-refractivity contribution in [2.45, 2.75) is 19.4 Å². The average molecular weight is 490 g/mol. The van der Waals surface area contributed by atoms with Crippen LogP contribution in [-0.4, -0.2) is 31.6 Å².